The molecule has 0 saturated carbocycles. The molecule has 9 heteroatoms. The van der Waals surface area contributed by atoms with E-state index in [1.807, 2.05) is 0 Å². The Balaban J connectivity index is 4.45. The number of nitrogens with one attached hydrogen (secondary N) is 1. The van der Waals surface area contributed by atoms with Gasteiger partial charge in [0.2, 0.25) is 0 Å². The summed E-state index contributed by atoms with van der Waals surface area (Å²) in [5.41, 5.74) is 0. The number of aliphatic carboxylic acids is 4. The first-order valence-corrected chi connectivity index (χ1v) is 4.86. The van der Waals surface area contributed by atoms with E-state index in [0.717, 1.165) is 0 Å². The van der Waals surface area contributed by atoms with E-state index in [1.54, 1.807) is 0 Å². The standard InChI is InChI=1S/C9H13NO8/c11-6(12)1-4(8(15)16)3-10-5(9(17)18)2-7(13)14/h4-5,10H,1-3H2,(H,11,12)(H,13,14)(H,15,16)(H,17,18). The lowest BCUT2D eigenvalue weighted by atomic mass is 10.1. The zero-order valence-corrected chi connectivity index (χ0v) is 9.20. The Labute approximate surface area is 101 Å². The number of hydrogen-bond donors (Lipinski definition) is 5. The monoisotopic (exact) mass is 263 g/mol. The topological polar surface area (TPSA) is 161 Å². The van der Waals surface area contributed by atoms with Crippen molar-refractivity contribution in [3.05, 3.63) is 0 Å². The largest absolute Gasteiger partial charge is 0.481 e. The van der Waals surface area contributed by atoms with Crippen LogP contribution in [0.3, 0.4) is 0 Å². The Kier molecular flexibility index (Phi) is 6.35. The first-order valence-electron chi connectivity index (χ1n) is 4.86. The van der Waals surface area contributed by atoms with Gasteiger partial charge in [-0.3, -0.25) is 19.2 Å². The lowest BCUT2D eigenvalue weighted by Gasteiger charge is -2.15. The molecule has 0 aliphatic heterocycles. The zero-order chi connectivity index (χ0) is 14.3. The van der Waals surface area contributed by atoms with Crippen molar-refractivity contribution in [2.75, 3.05) is 6.54 Å². The maximum absolute atomic E-state index is 10.7. The Hall–Kier alpha value is -2.16. The SMILES string of the molecule is O=C(O)CC(CNC(CC(=O)O)C(=O)O)C(=O)O. The van der Waals surface area contributed by atoms with Crippen molar-refractivity contribution < 1.29 is 39.6 Å². The highest BCUT2D eigenvalue weighted by molar-refractivity contribution is 5.81. The summed E-state index contributed by atoms with van der Waals surface area (Å²) in [4.78, 5) is 42.0. The quantitative estimate of drug-likeness (QED) is 0.339. The highest BCUT2D eigenvalue weighted by Crippen LogP contribution is 2.04. The van der Waals surface area contributed by atoms with Gasteiger partial charge in [0, 0.05) is 6.54 Å². The first-order chi connectivity index (χ1) is 8.23. The minimum atomic E-state index is -1.46. The average molecular weight is 263 g/mol. The highest BCUT2D eigenvalue weighted by atomic mass is 16.4. The fourth-order valence-electron chi connectivity index (χ4n) is 1.16. The van der Waals surface area contributed by atoms with E-state index in [0.29, 0.717) is 0 Å². The highest BCUT2D eigenvalue weighted by Gasteiger charge is 2.25. The van der Waals surface area contributed by atoms with E-state index in [-0.39, 0.29) is 0 Å². The molecule has 0 heterocycles. The zero-order valence-electron chi connectivity index (χ0n) is 9.20. The van der Waals surface area contributed by atoms with Crippen LogP contribution in [-0.4, -0.2) is 56.9 Å². The number of hydrogen-bond acceptors (Lipinski definition) is 5. The molecule has 9 nitrogen and oxygen atoms in total. The van der Waals surface area contributed by atoms with Gasteiger partial charge in [-0.05, 0) is 0 Å². The predicted octanol–water partition coefficient (Wildman–Crippen LogP) is -1.32. The average Bonchev–Trinajstić information content (AvgIpc) is 2.20. The van der Waals surface area contributed by atoms with Crippen LogP contribution in [0.15, 0.2) is 0 Å². The molecule has 0 radical (unpaired) electrons. The van der Waals surface area contributed by atoms with Crippen LogP contribution in [0, 0.1) is 5.92 Å². The van der Waals surface area contributed by atoms with Crippen molar-refractivity contribution >= 4 is 23.9 Å². The third-order valence-electron chi connectivity index (χ3n) is 2.06. The van der Waals surface area contributed by atoms with Crippen molar-refractivity contribution in [3.8, 4) is 0 Å². The van der Waals surface area contributed by atoms with Gasteiger partial charge in [0.1, 0.15) is 6.04 Å². The smallest absolute Gasteiger partial charge is 0.321 e. The summed E-state index contributed by atoms with van der Waals surface area (Å²) in [6.45, 7) is -0.439. The normalized spacial score (nSPS) is 13.6. The van der Waals surface area contributed by atoms with Crippen molar-refractivity contribution in [3.63, 3.8) is 0 Å². The molecule has 0 aromatic heterocycles. The van der Waals surface area contributed by atoms with E-state index in [4.69, 9.17) is 20.4 Å². The van der Waals surface area contributed by atoms with E-state index >= 15 is 0 Å². The summed E-state index contributed by atoms with van der Waals surface area (Å²) in [6.07, 6.45) is -1.41. The summed E-state index contributed by atoms with van der Waals surface area (Å²) in [5.74, 6) is -6.87. The molecule has 0 aromatic rings. The van der Waals surface area contributed by atoms with Gasteiger partial charge >= 0.3 is 23.9 Å². The van der Waals surface area contributed by atoms with E-state index in [1.165, 1.54) is 0 Å². The van der Waals surface area contributed by atoms with E-state index in [9.17, 15) is 19.2 Å². The second-order valence-electron chi connectivity index (χ2n) is 3.53. The van der Waals surface area contributed by atoms with Gasteiger partial charge in [0.15, 0.2) is 0 Å². The Bertz CT molecular complexity index is 318. The Morgan fingerprint density at radius 1 is 0.833 bits per heavy atom. The van der Waals surface area contributed by atoms with Crippen LogP contribution < -0.4 is 5.32 Å². The fourth-order valence-corrected chi connectivity index (χ4v) is 1.16. The molecule has 0 bridgehead atoms. The van der Waals surface area contributed by atoms with Gasteiger partial charge < -0.3 is 25.7 Å². The molecule has 0 aliphatic carbocycles. The minimum absolute atomic E-state index is 0.439. The molecular weight excluding hydrogens is 250 g/mol. The van der Waals surface area contributed by atoms with Gasteiger partial charge in [-0.2, -0.15) is 0 Å². The molecule has 0 aromatic carbocycles. The van der Waals surface area contributed by atoms with Crippen molar-refractivity contribution in [1.29, 1.82) is 0 Å². The van der Waals surface area contributed by atoms with Gasteiger partial charge in [0.25, 0.3) is 0 Å². The molecular formula is C9H13NO8. The van der Waals surface area contributed by atoms with E-state index in [2.05, 4.69) is 5.32 Å². The summed E-state index contributed by atoms with van der Waals surface area (Å²) >= 11 is 0. The van der Waals surface area contributed by atoms with Gasteiger partial charge in [-0.1, -0.05) is 0 Å². The Morgan fingerprint density at radius 2 is 1.33 bits per heavy atom. The third kappa shape index (κ3) is 6.43. The number of carbonyl (C=O) groups is 4. The predicted molar refractivity (Wildman–Crippen MR) is 55.1 cm³/mol. The van der Waals surface area contributed by atoms with Crippen LogP contribution in [0.1, 0.15) is 12.8 Å². The third-order valence-corrected chi connectivity index (χ3v) is 2.06. The summed E-state index contributed by atoms with van der Waals surface area (Å²) in [5, 5.41) is 36.5. The van der Waals surface area contributed by atoms with Gasteiger partial charge in [0.05, 0.1) is 18.8 Å². The summed E-state index contributed by atoms with van der Waals surface area (Å²) in [7, 11) is 0. The molecule has 0 amide bonds. The van der Waals surface area contributed by atoms with Crippen molar-refractivity contribution in [2.24, 2.45) is 5.92 Å². The number of carboxylic acids is 4. The number of rotatable bonds is 9. The molecule has 5 N–H and O–H groups in total. The van der Waals surface area contributed by atoms with Gasteiger partial charge in [-0.25, -0.2) is 0 Å². The van der Waals surface area contributed by atoms with Crippen LogP contribution in [0.4, 0.5) is 0 Å². The van der Waals surface area contributed by atoms with Crippen LogP contribution >= 0.6 is 0 Å². The summed E-state index contributed by atoms with van der Waals surface area (Å²) in [6, 6.07) is -1.46. The van der Waals surface area contributed by atoms with E-state index < -0.39 is 55.2 Å². The van der Waals surface area contributed by atoms with Crippen LogP contribution in [0.5, 0.6) is 0 Å². The van der Waals surface area contributed by atoms with Crippen LogP contribution in [0.2, 0.25) is 0 Å². The molecule has 0 spiro atoms. The van der Waals surface area contributed by atoms with Crippen molar-refractivity contribution in [2.45, 2.75) is 18.9 Å². The molecule has 102 valence electrons. The molecule has 2 atom stereocenters. The second-order valence-corrected chi connectivity index (χ2v) is 3.53. The second kappa shape index (κ2) is 7.22. The van der Waals surface area contributed by atoms with Crippen molar-refractivity contribution in [1.82, 2.24) is 5.32 Å². The Morgan fingerprint density at radius 3 is 1.67 bits per heavy atom. The molecule has 0 saturated heterocycles. The van der Waals surface area contributed by atoms with Crippen LogP contribution in [-0.2, 0) is 19.2 Å². The maximum atomic E-state index is 10.7. The number of carboxylic acid groups (broad SMARTS) is 4. The first kappa shape index (κ1) is 15.8. The fraction of sp³-hybridized carbons (Fsp3) is 0.556. The van der Waals surface area contributed by atoms with Crippen LogP contribution in [0.25, 0.3) is 0 Å². The van der Waals surface area contributed by atoms with Gasteiger partial charge in [-0.15, -0.1) is 0 Å². The molecule has 0 aliphatic rings. The minimum Gasteiger partial charge on any atom is -0.481 e. The summed E-state index contributed by atoms with van der Waals surface area (Å²) < 4.78 is 0. The maximum Gasteiger partial charge on any atom is 0.321 e. The molecule has 0 fully saturated rings. The molecule has 0 rings (SSSR count). The molecule has 18 heavy (non-hydrogen) atoms. The lowest BCUT2D eigenvalue weighted by Crippen LogP contribution is -2.42. The lowest BCUT2D eigenvalue weighted by molar-refractivity contribution is -0.149. The molecule has 2 unspecified atom stereocenters.